The summed E-state index contributed by atoms with van der Waals surface area (Å²) in [6.07, 6.45) is 0. The van der Waals surface area contributed by atoms with Gasteiger partial charge in [-0.05, 0) is 12.1 Å². The summed E-state index contributed by atoms with van der Waals surface area (Å²) in [7, 11) is 4.23. The van der Waals surface area contributed by atoms with Crippen molar-refractivity contribution in [3.8, 4) is 11.5 Å². The van der Waals surface area contributed by atoms with Gasteiger partial charge in [-0.15, -0.1) is 0 Å². The van der Waals surface area contributed by atoms with Gasteiger partial charge in [0.2, 0.25) is 0 Å². The fourth-order valence-corrected chi connectivity index (χ4v) is 3.96. The van der Waals surface area contributed by atoms with E-state index in [1.165, 1.54) is 38.0 Å². The molecule has 10 heteroatoms. The molecule has 0 aliphatic heterocycles. The number of nitrogens with zero attached hydrogens (tertiary/aromatic N) is 2. The van der Waals surface area contributed by atoms with Crippen molar-refractivity contribution in [2.45, 2.75) is 6.54 Å². The van der Waals surface area contributed by atoms with E-state index in [1.54, 1.807) is 12.1 Å². The molecule has 0 saturated carbocycles. The molecule has 0 N–H and O–H groups in total. The standard InChI is InChI=1S/C19H16ClFN2O5S/c1-26-13-7-12-15(8-14(13)27-2)29-19(23(12)9-16(24)28-3)22-18(25)17-10(20)5-4-6-11(17)21/h4-8H,9H2,1-3H3. The molecule has 1 aromatic heterocycles. The maximum absolute atomic E-state index is 14.1. The lowest BCUT2D eigenvalue weighted by molar-refractivity contribution is -0.141. The van der Waals surface area contributed by atoms with Gasteiger partial charge in [-0.1, -0.05) is 29.0 Å². The lowest BCUT2D eigenvalue weighted by Crippen LogP contribution is -2.22. The largest absolute Gasteiger partial charge is 0.493 e. The van der Waals surface area contributed by atoms with Crippen LogP contribution in [0.15, 0.2) is 35.3 Å². The van der Waals surface area contributed by atoms with Crippen molar-refractivity contribution in [2.24, 2.45) is 4.99 Å². The van der Waals surface area contributed by atoms with Gasteiger partial charge in [-0.25, -0.2) is 4.39 Å². The zero-order chi connectivity index (χ0) is 21.1. The third-order valence-corrected chi connectivity index (χ3v) is 5.43. The van der Waals surface area contributed by atoms with E-state index in [4.69, 9.17) is 25.8 Å². The molecule has 3 aromatic rings. The highest BCUT2D eigenvalue weighted by Crippen LogP contribution is 2.33. The molecule has 0 aliphatic carbocycles. The van der Waals surface area contributed by atoms with Gasteiger partial charge < -0.3 is 18.8 Å². The number of carbonyl (C=O) groups is 2. The average Bonchev–Trinajstić information content (AvgIpc) is 3.02. The minimum absolute atomic E-state index is 0.0530. The maximum Gasteiger partial charge on any atom is 0.325 e. The Kier molecular flexibility index (Phi) is 6.19. The summed E-state index contributed by atoms with van der Waals surface area (Å²) < 4.78 is 31.6. The SMILES string of the molecule is COC(=O)Cn1c(=NC(=O)c2c(F)cccc2Cl)sc2cc(OC)c(OC)cc21. The number of carbonyl (C=O) groups excluding carboxylic acids is 2. The Hall–Kier alpha value is -2.91. The molecule has 0 fully saturated rings. The second-order valence-corrected chi connectivity index (χ2v) is 7.15. The molecule has 0 atom stereocenters. The van der Waals surface area contributed by atoms with E-state index >= 15 is 0 Å². The van der Waals surface area contributed by atoms with Gasteiger partial charge in [0.25, 0.3) is 5.91 Å². The molecule has 2 aromatic carbocycles. The minimum atomic E-state index is -0.864. The van der Waals surface area contributed by atoms with Crippen LogP contribution in [-0.4, -0.2) is 37.8 Å². The fraction of sp³-hybridized carbons (Fsp3) is 0.211. The number of aromatic nitrogens is 1. The first kappa shape index (κ1) is 20.8. The molecule has 7 nitrogen and oxygen atoms in total. The Morgan fingerprint density at radius 2 is 1.86 bits per heavy atom. The van der Waals surface area contributed by atoms with Crippen molar-refractivity contribution in [3.05, 3.63) is 51.5 Å². The number of esters is 1. The number of thiazole rings is 1. The molecule has 0 spiro atoms. The van der Waals surface area contributed by atoms with Crippen LogP contribution in [0.2, 0.25) is 5.02 Å². The van der Waals surface area contributed by atoms with Crippen molar-refractivity contribution in [2.75, 3.05) is 21.3 Å². The number of amides is 1. The molecule has 0 saturated heterocycles. The Morgan fingerprint density at radius 1 is 1.17 bits per heavy atom. The summed E-state index contributed by atoms with van der Waals surface area (Å²) in [5.41, 5.74) is 0.232. The smallest absolute Gasteiger partial charge is 0.325 e. The number of halogens is 2. The van der Waals surface area contributed by atoms with Crippen LogP contribution in [0, 0.1) is 5.82 Å². The van der Waals surface area contributed by atoms with Gasteiger partial charge >= 0.3 is 5.97 Å². The van der Waals surface area contributed by atoms with E-state index in [0.717, 1.165) is 17.4 Å². The van der Waals surface area contributed by atoms with Gasteiger partial charge in [0, 0.05) is 12.1 Å². The van der Waals surface area contributed by atoms with Crippen LogP contribution in [0.1, 0.15) is 10.4 Å². The highest BCUT2D eigenvalue weighted by molar-refractivity contribution is 7.16. The molecule has 3 rings (SSSR count). The van der Waals surface area contributed by atoms with Crippen LogP contribution >= 0.6 is 22.9 Å². The van der Waals surface area contributed by atoms with E-state index < -0.39 is 17.7 Å². The zero-order valence-electron chi connectivity index (χ0n) is 15.7. The number of rotatable bonds is 5. The molecule has 0 radical (unpaired) electrons. The second kappa shape index (κ2) is 8.62. The molecule has 0 bridgehead atoms. The molecule has 29 heavy (non-hydrogen) atoms. The first-order chi connectivity index (χ1) is 13.9. The van der Waals surface area contributed by atoms with Crippen LogP contribution < -0.4 is 14.3 Å². The molecular formula is C19H16ClFN2O5S. The van der Waals surface area contributed by atoms with Gasteiger partial charge in [0.15, 0.2) is 16.3 Å². The minimum Gasteiger partial charge on any atom is -0.493 e. The first-order valence-corrected chi connectivity index (χ1v) is 9.44. The van der Waals surface area contributed by atoms with E-state index in [-0.39, 0.29) is 21.9 Å². The summed E-state index contributed by atoms with van der Waals surface area (Å²) >= 11 is 7.09. The monoisotopic (exact) mass is 438 g/mol. The van der Waals surface area contributed by atoms with Crippen LogP contribution in [0.4, 0.5) is 4.39 Å². The van der Waals surface area contributed by atoms with Crippen molar-refractivity contribution in [3.63, 3.8) is 0 Å². The number of benzene rings is 2. The third kappa shape index (κ3) is 4.10. The number of hydrogen-bond donors (Lipinski definition) is 0. The zero-order valence-corrected chi connectivity index (χ0v) is 17.3. The van der Waals surface area contributed by atoms with Crippen molar-refractivity contribution in [1.82, 2.24) is 4.57 Å². The highest BCUT2D eigenvalue weighted by atomic mass is 35.5. The molecular weight excluding hydrogens is 423 g/mol. The van der Waals surface area contributed by atoms with Gasteiger partial charge in [-0.2, -0.15) is 4.99 Å². The fourth-order valence-electron chi connectivity index (χ4n) is 2.67. The second-order valence-electron chi connectivity index (χ2n) is 5.74. The lowest BCUT2D eigenvalue weighted by atomic mass is 10.2. The van der Waals surface area contributed by atoms with Gasteiger partial charge in [-0.3, -0.25) is 9.59 Å². The Bertz CT molecular complexity index is 1150. The summed E-state index contributed by atoms with van der Waals surface area (Å²) in [4.78, 5) is 28.7. The average molecular weight is 439 g/mol. The number of methoxy groups -OCH3 is 3. The van der Waals surface area contributed by atoms with E-state index in [9.17, 15) is 14.0 Å². The Morgan fingerprint density at radius 3 is 2.48 bits per heavy atom. The topological polar surface area (TPSA) is 79.1 Å². The predicted molar refractivity (Wildman–Crippen MR) is 106 cm³/mol. The van der Waals surface area contributed by atoms with Gasteiger partial charge in [0.1, 0.15) is 12.4 Å². The number of ether oxygens (including phenoxy) is 3. The molecule has 1 amide bonds. The molecule has 0 aliphatic rings. The molecule has 1 heterocycles. The van der Waals surface area contributed by atoms with Crippen LogP contribution in [0.5, 0.6) is 11.5 Å². The third-order valence-electron chi connectivity index (χ3n) is 4.08. The Labute approximate surface area is 173 Å². The summed E-state index contributed by atoms with van der Waals surface area (Å²) in [5, 5.41) is -0.0530. The number of hydrogen-bond acceptors (Lipinski definition) is 6. The van der Waals surface area contributed by atoms with E-state index in [1.807, 2.05) is 0 Å². The number of fused-ring (bicyclic) bond motifs is 1. The van der Waals surface area contributed by atoms with Crippen molar-refractivity contribution < 1.29 is 28.2 Å². The predicted octanol–water partition coefficient (Wildman–Crippen LogP) is 3.43. The molecule has 0 unspecified atom stereocenters. The Balaban J connectivity index is 2.25. The quantitative estimate of drug-likeness (QED) is 0.570. The van der Waals surface area contributed by atoms with Crippen LogP contribution in [-0.2, 0) is 16.1 Å². The van der Waals surface area contributed by atoms with E-state index in [0.29, 0.717) is 21.7 Å². The van der Waals surface area contributed by atoms with Crippen LogP contribution in [0.3, 0.4) is 0 Å². The van der Waals surface area contributed by atoms with Crippen molar-refractivity contribution in [1.29, 1.82) is 0 Å². The highest BCUT2D eigenvalue weighted by Gasteiger charge is 2.18. The molecule has 152 valence electrons. The lowest BCUT2D eigenvalue weighted by Gasteiger charge is -2.09. The van der Waals surface area contributed by atoms with Crippen LogP contribution in [0.25, 0.3) is 10.2 Å². The summed E-state index contributed by atoms with van der Waals surface area (Å²) in [6, 6.07) is 7.28. The first-order valence-electron chi connectivity index (χ1n) is 8.24. The van der Waals surface area contributed by atoms with E-state index in [2.05, 4.69) is 4.99 Å². The normalized spacial score (nSPS) is 11.6. The summed E-state index contributed by atoms with van der Waals surface area (Å²) in [6.45, 7) is -0.205. The van der Waals surface area contributed by atoms with Crippen molar-refractivity contribution >= 4 is 45.0 Å². The van der Waals surface area contributed by atoms with Gasteiger partial charge in [0.05, 0.1) is 42.1 Å². The maximum atomic E-state index is 14.1. The summed E-state index contributed by atoms with van der Waals surface area (Å²) in [5.74, 6) is -1.28.